The zero-order valence-corrected chi connectivity index (χ0v) is 9.48. The molecule has 0 saturated heterocycles. The summed E-state index contributed by atoms with van der Waals surface area (Å²) < 4.78 is 1.15. The van der Waals surface area contributed by atoms with Gasteiger partial charge in [-0.05, 0) is 52.8 Å². The van der Waals surface area contributed by atoms with Crippen molar-refractivity contribution in [2.75, 3.05) is 0 Å². The van der Waals surface area contributed by atoms with Crippen LogP contribution in [0.1, 0.15) is 11.1 Å². The lowest BCUT2D eigenvalue weighted by atomic mass is 10.1. The van der Waals surface area contributed by atoms with Crippen LogP contribution >= 0.6 is 34.2 Å². The van der Waals surface area contributed by atoms with E-state index >= 15 is 0 Å². The average molecular weight is 292 g/mol. The summed E-state index contributed by atoms with van der Waals surface area (Å²) >= 11 is 8.16. The topological polar surface area (TPSA) is 23.8 Å². The molecule has 0 heterocycles. The molecule has 1 aromatic rings. The molecule has 0 aliphatic heterocycles. The van der Waals surface area contributed by atoms with Crippen LogP contribution in [0.15, 0.2) is 12.1 Å². The highest BCUT2D eigenvalue weighted by Gasteiger charge is 2.02. The van der Waals surface area contributed by atoms with Gasteiger partial charge in [0.1, 0.15) is 0 Å². The van der Waals surface area contributed by atoms with Crippen LogP contribution in [-0.4, -0.2) is 0 Å². The van der Waals surface area contributed by atoms with Gasteiger partial charge in [0.15, 0.2) is 0 Å². The smallest absolute Gasteiger partial charge is 0.0670 e. The first-order valence-electron chi connectivity index (χ1n) is 3.46. The molecule has 3 heteroatoms. The lowest BCUT2D eigenvalue weighted by molar-refractivity contribution is 1.24. The van der Waals surface area contributed by atoms with E-state index in [1.165, 1.54) is 0 Å². The fraction of sp³-hybridized carbons (Fsp3) is 0.222. The zero-order valence-electron chi connectivity index (χ0n) is 6.56. The molecule has 0 aliphatic rings. The van der Waals surface area contributed by atoms with Crippen molar-refractivity contribution in [3.8, 4) is 6.07 Å². The molecule has 0 N–H and O–H groups in total. The molecule has 1 aromatic carbocycles. The number of benzene rings is 1. The first kappa shape index (κ1) is 9.82. The number of hydrogen-bond acceptors (Lipinski definition) is 1. The SMILES string of the molecule is Cc1cc(Cl)c(CC#N)cc1I. The number of hydrogen-bond donors (Lipinski definition) is 0. The highest BCUT2D eigenvalue weighted by Crippen LogP contribution is 2.22. The van der Waals surface area contributed by atoms with Gasteiger partial charge in [-0.3, -0.25) is 0 Å². The van der Waals surface area contributed by atoms with Gasteiger partial charge in [0.2, 0.25) is 0 Å². The number of halogens is 2. The first-order chi connectivity index (χ1) is 5.65. The molecule has 0 radical (unpaired) electrons. The molecule has 0 aromatic heterocycles. The molecule has 62 valence electrons. The highest BCUT2D eigenvalue weighted by atomic mass is 127. The standard InChI is InChI=1S/C9H7ClIN/c1-6-4-8(10)7(2-3-12)5-9(6)11/h4-5H,2H2,1H3. The fourth-order valence-electron chi connectivity index (χ4n) is 0.908. The largest absolute Gasteiger partial charge is 0.198 e. The minimum absolute atomic E-state index is 0.384. The summed E-state index contributed by atoms with van der Waals surface area (Å²) in [7, 11) is 0. The first-order valence-corrected chi connectivity index (χ1v) is 4.92. The predicted molar refractivity (Wildman–Crippen MR) is 58.2 cm³/mol. The van der Waals surface area contributed by atoms with Gasteiger partial charge in [-0.2, -0.15) is 5.26 Å². The molecule has 12 heavy (non-hydrogen) atoms. The van der Waals surface area contributed by atoms with Crippen LogP contribution < -0.4 is 0 Å². The minimum atomic E-state index is 0.384. The van der Waals surface area contributed by atoms with Crippen molar-refractivity contribution >= 4 is 34.2 Å². The van der Waals surface area contributed by atoms with Gasteiger partial charge in [-0.25, -0.2) is 0 Å². The third-order valence-electron chi connectivity index (χ3n) is 1.60. The van der Waals surface area contributed by atoms with Crippen LogP contribution in [-0.2, 0) is 6.42 Å². The summed E-state index contributed by atoms with van der Waals surface area (Å²) in [4.78, 5) is 0. The van der Waals surface area contributed by atoms with Crippen molar-refractivity contribution in [3.05, 3.63) is 31.9 Å². The maximum atomic E-state index is 8.49. The lowest BCUT2D eigenvalue weighted by Gasteiger charge is -2.03. The summed E-state index contributed by atoms with van der Waals surface area (Å²) in [5.41, 5.74) is 2.07. The summed E-state index contributed by atoms with van der Waals surface area (Å²) in [6.07, 6.45) is 0.384. The Labute approximate surface area is 90.5 Å². The van der Waals surface area contributed by atoms with E-state index in [4.69, 9.17) is 16.9 Å². The minimum Gasteiger partial charge on any atom is -0.198 e. The molecule has 0 unspecified atom stereocenters. The van der Waals surface area contributed by atoms with Crippen LogP contribution in [0.25, 0.3) is 0 Å². The van der Waals surface area contributed by atoms with Gasteiger partial charge in [-0.1, -0.05) is 11.6 Å². The Kier molecular flexibility index (Phi) is 3.36. The average Bonchev–Trinajstić information content (AvgIpc) is 2.01. The summed E-state index contributed by atoms with van der Waals surface area (Å²) in [5, 5.41) is 9.18. The molecule has 0 amide bonds. The maximum Gasteiger partial charge on any atom is 0.0670 e. The Hall–Kier alpha value is -0.270. The molecule has 0 atom stereocenters. The zero-order chi connectivity index (χ0) is 9.14. The number of nitrogens with zero attached hydrogens (tertiary/aromatic N) is 1. The van der Waals surface area contributed by atoms with Crippen molar-refractivity contribution < 1.29 is 0 Å². The number of nitriles is 1. The Morgan fingerprint density at radius 2 is 2.25 bits per heavy atom. The second-order valence-corrected chi connectivity index (χ2v) is 4.10. The van der Waals surface area contributed by atoms with Gasteiger partial charge in [-0.15, -0.1) is 0 Å². The molecule has 0 bridgehead atoms. The van der Waals surface area contributed by atoms with Crippen molar-refractivity contribution in [2.45, 2.75) is 13.3 Å². The second-order valence-electron chi connectivity index (χ2n) is 2.53. The third kappa shape index (κ3) is 2.11. The molecule has 1 rings (SSSR count). The molecule has 0 fully saturated rings. The Morgan fingerprint density at radius 1 is 1.58 bits per heavy atom. The Balaban J connectivity index is 3.16. The monoisotopic (exact) mass is 291 g/mol. The van der Waals surface area contributed by atoms with E-state index in [-0.39, 0.29) is 0 Å². The van der Waals surface area contributed by atoms with E-state index in [9.17, 15) is 0 Å². The number of rotatable bonds is 1. The van der Waals surface area contributed by atoms with Crippen LogP contribution in [0, 0.1) is 21.8 Å². The van der Waals surface area contributed by atoms with Crippen molar-refractivity contribution in [3.63, 3.8) is 0 Å². The lowest BCUT2D eigenvalue weighted by Crippen LogP contribution is -1.88. The molecule has 1 nitrogen and oxygen atoms in total. The van der Waals surface area contributed by atoms with Crippen LogP contribution in [0.4, 0.5) is 0 Å². The summed E-state index contributed by atoms with van der Waals surface area (Å²) in [6, 6.07) is 5.94. The van der Waals surface area contributed by atoms with Gasteiger partial charge in [0.25, 0.3) is 0 Å². The normalized spacial score (nSPS) is 9.50. The van der Waals surface area contributed by atoms with Crippen LogP contribution in [0.5, 0.6) is 0 Å². The molecule has 0 aliphatic carbocycles. The Bertz CT molecular complexity index is 341. The summed E-state index contributed by atoms with van der Waals surface area (Å²) in [5.74, 6) is 0. The van der Waals surface area contributed by atoms with Crippen LogP contribution in [0.2, 0.25) is 5.02 Å². The second kappa shape index (κ2) is 4.11. The van der Waals surface area contributed by atoms with Gasteiger partial charge >= 0.3 is 0 Å². The van der Waals surface area contributed by atoms with E-state index in [2.05, 4.69) is 28.7 Å². The molecule has 0 saturated carbocycles. The van der Waals surface area contributed by atoms with E-state index < -0.39 is 0 Å². The van der Waals surface area contributed by atoms with Gasteiger partial charge in [0.05, 0.1) is 12.5 Å². The Morgan fingerprint density at radius 3 is 2.83 bits per heavy atom. The highest BCUT2D eigenvalue weighted by molar-refractivity contribution is 14.1. The van der Waals surface area contributed by atoms with Crippen molar-refractivity contribution in [1.29, 1.82) is 5.26 Å². The molecular formula is C9H7ClIN. The quantitative estimate of drug-likeness (QED) is 0.728. The van der Waals surface area contributed by atoms with E-state index in [0.29, 0.717) is 11.4 Å². The number of aryl methyl sites for hydroxylation is 1. The fourth-order valence-corrected chi connectivity index (χ4v) is 1.72. The van der Waals surface area contributed by atoms with Crippen molar-refractivity contribution in [2.24, 2.45) is 0 Å². The van der Waals surface area contributed by atoms with E-state index in [1.54, 1.807) is 0 Å². The van der Waals surface area contributed by atoms with Gasteiger partial charge in [0, 0.05) is 8.59 Å². The third-order valence-corrected chi connectivity index (χ3v) is 3.11. The van der Waals surface area contributed by atoms with Gasteiger partial charge < -0.3 is 0 Å². The van der Waals surface area contributed by atoms with E-state index in [1.807, 2.05) is 19.1 Å². The molecule has 0 spiro atoms. The predicted octanol–water partition coefficient (Wildman–Crippen LogP) is 3.32. The molecular weight excluding hydrogens is 284 g/mol. The van der Waals surface area contributed by atoms with E-state index in [0.717, 1.165) is 14.7 Å². The summed E-state index contributed by atoms with van der Waals surface area (Å²) in [6.45, 7) is 2.00. The van der Waals surface area contributed by atoms with Crippen molar-refractivity contribution in [1.82, 2.24) is 0 Å². The van der Waals surface area contributed by atoms with Crippen LogP contribution in [0.3, 0.4) is 0 Å². The maximum absolute atomic E-state index is 8.49.